The van der Waals surface area contributed by atoms with Crippen LogP contribution in [0.4, 0.5) is 22.7 Å². The fraction of sp³-hybridized carbons (Fsp3) is 0.174. The van der Waals surface area contributed by atoms with Gasteiger partial charge in [-0.25, -0.2) is 9.83 Å². The van der Waals surface area contributed by atoms with Crippen LogP contribution < -0.4 is 9.80 Å². The Labute approximate surface area is 168 Å². The highest BCUT2D eigenvalue weighted by atomic mass is 16.3. The van der Waals surface area contributed by atoms with E-state index >= 15 is 0 Å². The second-order valence-corrected chi connectivity index (χ2v) is 7.29. The van der Waals surface area contributed by atoms with Gasteiger partial charge in [-0.15, -0.1) is 0 Å². The van der Waals surface area contributed by atoms with E-state index in [2.05, 4.69) is 45.6 Å². The normalized spacial score (nSPS) is 15.6. The van der Waals surface area contributed by atoms with Crippen molar-refractivity contribution in [2.45, 2.75) is 20.0 Å². The molecule has 0 unspecified atom stereocenters. The number of pyridine rings is 1. The molecule has 0 aliphatic carbocycles. The first-order chi connectivity index (χ1) is 14.0. The lowest BCUT2D eigenvalue weighted by molar-refractivity contribution is 0.653. The Kier molecular flexibility index (Phi) is 3.53. The van der Waals surface area contributed by atoms with Crippen LogP contribution in [0.1, 0.15) is 18.1 Å². The third kappa shape index (κ3) is 2.30. The topological polar surface area (TPSA) is 60.7 Å². The zero-order valence-corrected chi connectivity index (χ0v) is 16.3. The summed E-state index contributed by atoms with van der Waals surface area (Å²) >= 11 is 0. The van der Waals surface area contributed by atoms with Gasteiger partial charge in [-0.3, -0.25) is 0 Å². The molecule has 0 bridgehead atoms. The molecule has 29 heavy (non-hydrogen) atoms. The molecule has 0 spiro atoms. The fourth-order valence-corrected chi connectivity index (χ4v) is 4.21. The zero-order valence-electron chi connectivity index (χ0n) is 16.3. The molecule has 0 radical (unpaired) electrons. The van der Waals surface area contributed by atoms with Crippen molar-refractivity contribution in [3.8, 4) is 6.07 Å². The summed E-state index contributed by atoms with van der Waals surface area (Å²) in [6.07, 6.45) is 1.71. The average molecular weight is 379 g/mol. The van der Waals surface area contributed by atoms with Gasteiger partial charge >= 0.3 is 0 Å². The number of nitriles is 1. The first kappa shape index (κ1) is 17.1. The van der Waals surface area contributed by atoms with E-state index in [4.69, 9.17) is 11.0 Å². The quantitative estimate of drug-likeness (QED) is 0.400. The number of hydrogen-bond acceptors (Lipinski definition) is 5. The molecule has 0 amide bonds. The van der Waals surface area contributed by atoms with Crippen LogP contribution >= 0.6 is 0 Å². The van der Waals surface area contributed by atoms with E-state index in [1.807, 2.05) is 31.3 Å². The number of fused-ring (bicyclic) bond motifs is 4. The number of aromatic nitrogens is 1. The van der Waals surface area contributed by atoms with E-state index in [0.717, 1.165) is 39.0 Å². The van der Waals surface area contributed by atoms with Gasteiger partial charge in [-0.2, -0.15) is 5.26 Å². The molecular weight excluding hydrogens is 362 g/mol. The van der Waals surface area contributed by atoms with Gasteiger partial charge in [0.1, 0.15) is 17.8 Å². The van der Waals surface area contributed by atoms with Gasteiger partial charge < -0.3 is 14.2 Å². The van der Waals surface area contributed by atoms with Crippen molar-refractivity contribution in [3.63, 3.8) is 0 Å². The van der Waals surface area contributed by atoms with Crippen LogP contribution in [0, 0.1) is 24.8 Å². The van der Waals surface area contributed by atoms with E-state index in [1.165, 1.54) is 0 Å². The Morgan fingerprint density at radius 3 is 2.79 bits per heavy atom. The molecule has 1 atom stereocenters. The molecule has 6 nitrogen and oxygen atoms in total. The Morgan fingerprint density at radius 1 is 1.21 bits per heavy atom. The third-order valence-corrected chi connectivity index (χ3v) is 5.70. The molecule has 2 aromatic carbocycles. The summed E-state index contributed by atoms with van der Waals surface area (Å²) in [5.41, 5.74) is 6.14. The lowest BCUT2D eigenvalue weighted by Gasteiger charge is -2.29. The Morgan fingerprint density at radius 2 is 2.03 bits per heavy atom. The van der Waals surface area contributed by atoms with Gasteiger partial charge in [-0.1, -0.05) is 0 Å². The highest BCUT2D eigenvalue weighted by Crippen LogP contribution is 2.48. The average Bonchev–Trinajstić information content (AvgIpc) is 3.21. The van der Waals surface area contributed by atoms with Gasteiger partial charge in [-0.05, 0) is 49.7 Å². The second kappa shape index (κ2) is 5.98. The number of rotatable bonds is 1. The summed E-state index contributed by atoms with van der Waals surface area (Å²) in [6, 6.07) is 13.8. The largest absolute Gasteiger partial charge is 0.438 e. The summed E-state index contributed by atoms with van der Waals surface area (Å²) < 4.78 is 6.00. The van der Waals surface area contributed by atoms with Crippen molar-refractivity contribution in [2.24, 2.45) is 0 Å². The summed E-state index contributed by atoms with van der Waals surface area (Å²) in [7, 11) is 1.97. The summed E-state index contributed by atoms with van der Waals surface area (Å²) in [6.45, 7) is 11.6. The van der Waals surface area contributed by atoms with Crippen molar-refractivity contribution in [3.05, 3.63) is 65.1 Å². The summed E-state index contributed by atoms with van der Waals surface area (Å²) in [4.78, 5) is 12.1. The van der Waals surface area contributed by atoms with E-state index in [-0.39, 0.29) is 6.17 Å². The third-order valence-electron chi connectivity index (χ3n) is 5.70. The molecule has 0 saturated carbocycles. The minimum Gasteiger partial charge on any atom is -0.438 e. The lowest BCUT2D eigenvalue weighted by Crippen LogP contribution is -2.36. The molecule has 3 heterocycles. The Bertz CT molecular complexity index is 1390. The maximum Gasteiger partial charge on any atom is 0.227 e. The van der Waals surface area contributed by atoms with Crippen LogP contribution in [-0.4, -0.2) is 18.2 Å². The van der Waals surface area contributed by atoms with Crippen LogP contribution in [0.5, 0.6) is 0 Å². The second-order valence-electron chi connectivity index (χ2n) is 7.29. The van der Waals surface area contributed by atoms with Crippen LogP contribution in [0.15, 0.2) is 47.0 Å². The van der Waals surface area contributed by atoms with Gasteiger partial charge in [0, 0.05) is 35.8 Å². The van der Waals surface area contributed by atoms with E-state index in [0.29, 0.717) is 17.0 Å². The number of hydrogen-bond donors (Lipinski definition) is 0. The predicted octanol–water partition coefficient (Wildman–Crippen LogP) is 5.65. The smallest absolute Gasteiger partial charge is 0.227 e. The lowest BCUT2D eigenvalue weighted by atomic mass is 10.1. The minimum absolute atomic E-state index is 0.0169. The molecular formula is C23H17N5O. The van der Waals surface area contributed by atoms with Crippen LogP contribution in [-0.2, 0) is 0 Å². The van der Waals surface area contributed by atoms with Gasteiger partial charge in [0.05, 0.1) is 23.5 Å². The Balaban J connectivity index is 1.78. The molecule has 0 N–H and O–H groups in total. The van der Waals surface area contributed by atoms with Crippen LogP contribution in [0.3, 0.4) is 0 Å². The molecule has 6 heteroatoms. The van der Waals surface area contributed by atoms with Crippen molar-refractivity contribution >= 4 is 44.8 Å². The standard InChI is InChI=1S/C23H17N5O/c1-13-8-18-17-6-5-7-26-23(17)29-21(18)11-19(13)28-14(2)27(4)22-15(12-24)9-16(25-3)10-20(22)28/h5-11,14H,1-2,4H3/t14-/m0/s1. The first-order valence-electron chi connectivity index (χ1n) is 9.29. The van der Waals surface area contributed by atoms with Crippen molar-refractivity contribution in [2.75, 3.05) is 16.8 Å². The Hall–Kier alpha value is -4.03. The molecule has 0 fully saturated rings. The number of nitrogens with zero attached hydrogens (tertiary/aromatic N) is 5. The molecule has 0 saturated heterocycles. The first-order valence-corrected chi connectivity index (χ1v) is 9.29. The monoisotopic (exact) mass is 379 g/mol. The highest BCUT2D eigenvalue weighted by molar-refractivity contribution is 6.05. The molecule has 140 valence electrons. The van der Waals surface area contributed by atoms with E-state index in [9.17, 15) is 5.26 Å². The van der Waals surface area contributed by atoms with E-state index in [1.54, 1.807) is 12.3 Å². The maximum absolute atomic E-state index is 9.64. The molecule has 1 aliphatic heterocycles. The number of aryl methyl sites for hydroxylation is 1. The SMILES string of the molecule is [C-]#[N+]c1cc(C#N)c2c(c1)N(c1cc3oc4ncccc4c3cc1C)[C@@H](C)N2C. The minimum atomic E-state index is -0.0169. The molecule has 1 aliphatic rings. The maximum atomic E-state index is 9.64. The molecule has 2 aromatic heterocycles. The predicted molar refractivity (Wildman–Crippen MR) is 114 cm³/mol. The summed E-state index contributed by atoms with van der Waals surface area (Å²) in [5.74, 6) is 0. The highest BCUT2D eigenvalue weighted by Gasteiger charge is 2.35. The van der Waals surface area contributed by atoms with Crippen LogP contribution in [0.25, 0.3) is 26.9 Å². The fourth-order valence-electron chi connectivity index (χ4n) is 4.21. The van der Waals surface area contributed by atoms with Crippen molar-refractivity contribution in [1.82, 2.24) is 4.98 Å². The van der Waals surface area contributed by atoms with Gasteiger partial charge in [0.2, 0.25) is 5.71 Å². The number of furan rings is 1. The van der Waals surface area contributed by atoms with Crippen molar-refractivity contribution in [1.29, 1.82) is 5.26 Å². The molecule has 4 aromatic rings. The van der Waals surface area contributed by atoms with Gasteiger partial charge in [0.25, 0.3) is 0 Å². The summed E-state index contributed by atoms with van der Waals surface area (Å²) in [5, 5.41) is 11.7. The van der Waals surface area contributed by atoms with Gasteiger partial charge in [0.15, 0.2) is 5.69 Å². The van der Waals surface area contributed by atoms with Crippen LogP contribution in [0.2, 0.25) is 0 Å². The zero-order chi connectivity index (χ0) is 20.3. The number of benzene rings is 2. The number of anilines is 3. The van der Waals surface area contributed by atoms with Crippen molar-refractivity contribution < 1.29 is 4.42 Å². The van der Waals surface area contributed by atoms with E-state index < -0.39 is 0 Å². The molecule has 5 rings (SSSR count).